The molecule has 1 radical (unpaired) electrons. The van der Waals surface area contributed by atoms with E-state index >= 15 is 0 Å². The SMILES string of the molecule is Fc1ccc2c(c1)C1(CC[N]CC1)OC2. The predicted octanol–water partition coefficient (Wildman–Crippen LogP) is 1.95. The average molecular weight is 206 g/mol. The van der Waals surface area contributed by atoms with Crippen molar-refractivity contribution in [1.29, 1.82) is 0 Å². The van der Waals surface area contributed by atoms with Gasteiger partial charge in [-0.3, -0.25) is 0 Å². The van der Waals surface area contributed by atoms with Gasteiger partial charge >= 0.3 is 0 Å². The third-order valence-corrected chi connectivity index (χ3v) is 3.41. The van der Waals surface area contributed by atoms with Gasteiger partial charge < -0.3 is 4.74 Å². The molecule has 15 heavy (non-hydrogen) atoms. The summed E-state index contributed by atoms with van der Waals surface area (Å²) in [5, 5.41) is 4.32. The molecule has 0 N–H and O–H groups in total. The molecule has 2 aliphatic heterocycles. The molecule has 0 atom stereocenters. The number of benzene rings is 1. The number of halogens is 1. The van der Waals surface area contributed by atoms with Crippen molar-refractivity contribution >= 4 is 0 Å². The summed E-state index contributed by atoms with van der Waals surface area (Å²) >= 11 is 0. The van der Waals surface area contributed by atoms with Crippen LogP contribution in [0.3, 0.4) is 0 Å². The van der Waals surface area contributed by atoms with Gasteiger partial charge in [-0.25, -0.2) is 9.71 Å². The van der Waals surface area contributed by atoms with Crippen molar-refractivity contribution in [3.05, 3.63) is 35.1 Å². The molecule has 1 fully saturated rings. The first-order chi connectivity index (χ1) is 7.30. The third-order valence-electron chi connectivity index (χ3n) is 3.41. The lowest BCUT2D eigenvalue weighted by Gasteiger charge is -2.33. The van der Waals surface area contributed by atoms with Crippen molar-refractivity contribution in [2.75, 3.05) is 13.1 Å². The maximum atomic E-state index is 13.2. The Balaban J connectivity index is 2.05. The van der Waals surface area contributed by atoms with Crippen LogP contribution in [0, 0.1) is 5.82 Å². The van der Waals surface area contributed by atoms with Crippen LogP contribution >= 0.6 is 0 Å². The van der Waals surface area contributed by atoms with Gasteiger partial charge in [0.15, 0.2) is 0 Å². The zero-order chi connectivity index (χ0) is 10.3. The summed E-state index contributed by atoms with van der Waals surface area (Å²) < 4.78 is 19.1. The van der Waals surface area contributed by atoms with Crippen LogP contribution in [0.4, 0.5) is 4.39 Å². The molecule has 1 aromatic carbocycles. The molecule has 0 aliphatic carbocycles. The second-order valence-electron chi connectivity index (χ2n) is 4.26. The van der Waals surface area contributed by atoms with Gasteiger partial charge in [-0.05, 0) is 36.1 Å². The Bertz CT molecular complexity index is 380. The first-order valence-corrected chi connectivity index (χ1v) is 5.36. The van der Waals surface area contributed by atoms with E-state index in [0.29, 0.717) is 6.61 Å². The molecule has 2 nitrogen and oxygen atoms in total. The van der Waals surface area contributed by atoms with Crippen LogP contribution in [-0.4, -0.2) is 13.1 Å². The van der Waals surface area contributed by atoms with Crippen LogP contribution in [0.25, 0.3) is 0 Å². The normalized spacial score (nSPS) is 23.0. The first kappa shape index (κ1) is 9.31. The van der Waals surface area contributed by atoms with Crippen molar-refractivity contribution in [3.63, 3.8) is 0 Å². The number of hydrogen-bond acceptors (Lipinski definition) is 1. The fraction of sp³-hybridized carbons (Fsp3) is 0.500. The van der Waals surface area contributed by atoms with Gasteiger partial charge in [-0.15, -0.1) is 0 Å². The molecule has 3 rings (SSSR count). The van der Waals surface area contributed by atoms with Gasteiger partial charge in [0.05, 0.1) is 12.2 Å². The minimum Gasteiger partial charge on any atom is -0.365 e. The van der Waals surface area contributed by atoms with Crippen LogP contribution in [0.5, 0.6) is 0 Å². The summed E-state index contributed by atoms with van der Waals surface area (Å²) in [6.07, 6.45) is 1.78. The van der Waals surface area contributed by atoms with E-state index in [4.69, 9.17) is 4.74 Å². The van der Waals surface area contributed by atoms with Crippen LogP contribution < -0.4 is 5.32 Å². The summed E-state index contributed by atoms with van der Waals surface area (Å²) in [5.41, 5.74) is 1.95. The zero-order valence-electron chi connectivity index (χ0n) is 8.50. The second kappa shape index (κ2) is 3.29. The highest BCUT2D eigenvalue weighted by Crippen LogP contribution is 2.43. The molecule has 1 aromatic rings. The molecule has 0 saturated carbocycles. The number of hydrogen-bond donors (Lipinski definition) is 0. The minimum atomic E-state index is -0.237. The van der Waals surface area contributed by atoms with E-state index in [9.17, 15) is 4.39 Å². The summed E-state index contributed by atoms with van der Waals surface area (Å²) in [4.78, 5) is 0. The highest BCUT2D eigenvalue weighted by molar-refractivity contribution is 5.36. The maximum Gasteiger partial charge on any atom is 0.123 e. The Kier molecular flexibility index (Phi) is 2.04. The number of rotatable bonds is 0. The minimum absolute atomic E-state index is 0.166. The smallest absolute Gasteiger partial charge is 0.123 e. The Morgan fingerprint density at radius 2 is 2.07 bits per heavy atom. The zero-order valence-corrected chi connectivity index (χ0v) is 8.50. The predicted molar refractivity (Wildman–Crippen MR) is 54.0 cm³/mol. The molecular formula is C12H13FNO. The molecule has 3 heteroatoms. The molecular weight excluding hydrogens is 193 g/mol. The Labute approximate surface area is 88.4 Å². The highest BCUT2D eigenvalue weighted by Gasteiger charge is 2.41. The largest absolute Gasteiger partial charge is 0.365 e. The molecule has 2 heterocycles. The van der Waals surface area contributed by atoms with Gasteiger partial charge in [0.2, 0.25) is 0 Å². The summed E-state index contributed by atoms with van der Waals surface area (Å²) in [6.45, 7) is 2.28. The van der Waals surface area contributed by atoms with E-state index in [1.807, 2.05) is 6.07 Å². The average Bonchev–Trinajstić information content (AvgIpc) is 2.59. The van der Waals surface area contributed by atoms with Crippen LogP contribution in [0.2, 0.25) is 0 Å². The van der Waals surface area contributed by atoms with Gasteiger partial charge in [-0.2, -0.15) is 0 Å². The number of piperidine rings is 1. The van der Waals surface area contributed by atoms with Crippen LogP contribution in [0.1, 0.15) is 24.0 Å². The summed E-state index contributed by atoms with van der Waals surface area (Å²) in [5.74, 6) is -0.166. The number of ether oxygens (including phenoxy) is 1. The Hall–Kier alpha value is -0.930. The van der Waals surface area contributed by atoms with E-state index in [0.717, 1.165) is 37.1 Å². The highest BCUT2D eigenvalue weighted by atomic mass is 19.1. The summed E-state index contributed by atoms with van der Waals surface area (Å²) in [6, 6.07) is 4.98. The van der Waals surface area contributed by atoms with Crippen molar-refractivity contribution in [1.82, 2.24) is 5.32 Å². The summed E-state index contributed by atoms with van der Waals surface area (Å²) in [7, 11) is 0. The molecule has 79 valence electrons. The molecule has 2 aliphatic rings. The molecule has 0 aromatic heterocycles. The monoisotopic (exact) mass is 206 g/mol. The van der Waals surface area contributed by atoms with Crippen molar-refractivity contribution in [2.24, 2.45) is 0 Å². The van der Waals surface area contributed by atoms with Crippen molar-refractivity contribution in [2.45, 2.75) is 25.0 Å². The molecule has 0 unspecified atom stereocenters. The first-order valence-electron chi connectivity index (χ1n) is 5.36. The van der Waals surface area contributed by atoms with E-state index in [1.54, 1.807) is 6.07 Å². The standard InChI is InChI=1S/C12H13FNO/c13-10-2-1-9-8-15-12(11(9)7-10)3-5-14-6-4-12/h1-2,7H,3-6,8H2. The lowest BCUT2D eigenvalue weighted by atomic mass is 9.84. The fourth-order valence-corrected chi connectivity index (χ4v) is 2.56. The molecule has 0 amide bonds. The van der Waals surface area contributed by atoms with E-state index in [2.05, 4.69) is 5.32 Å². The van der Waals surface area contributed by atoms with Gasteiger partial charge in [0.1, 0.15) is 5.82 Å². The lowest BCUT2D eigenvalue weighted by molar-refractivity contribution is -0.0596. The third kappa shape index (κ3) is 1.38. The van der Waals surface area contributed by atoms with E-state index < -0.39 is 0 Å². The Morgan fingerprint density at radius 3 is 2.87 bits per heavy atom. The maximum absolute atomic E-state index is 13.2. The topological polar surface area (TPSA) is 23.3 Å². The van der Waals surface area contributed by atoms with E-state index in [1.165, 1.54) is 6.07 Å². The fourth-order valence-electron chi connectivity index (χ4n) is 2.56. The van der Waals surface area contributed by atoms with Gasteiger partial charge in [0.25, 0.3) is 0 Å². The van der Waals surface area contributed by atoms with Crippen LogP contribution in [0.15, 0.2) is 18.2 Å². The van der Waals surface area contributed by atoms with Gasteiger partial charge in [-0.1, -0.05) is 6.07 Å². The molecule has 1 spiro atoms. The molecule has 0 bridgehead atoms. The van der Waals surface area contributed by atoms with Crippen molar-refractivity contribution < 1.29 is 9.13 Å². The second-order valence-corrected chi connectivity index (χ2v) is 4.26. The van der Waals surface area contributed by atoms with Gasteiger partial charge in [0, 0.05) is 13.1 Å². The quantitative estimate of drug-likeness (QED) is 0.636. The van der Waals surface area contributed by atoms with Crippen LogP contribution in [-0.2, 0) is 16.9 Å². The molecule has 1 saturated heterocycles. The lowest BCUT2D eigenvalue weighted by Crippen LogP contribution is -2.36. The Morgan fingerprint density at radius 1 is 1.27 bits per heavy atom. The van der Waals surface area contributed by atoms with E-state index in [-0.39, 0.29) is 11.4 Å². The number of fused-ring (bicyclic) bond motifs is 2. The van der Waals surface area contributed by atoms with Crippen molar-refractivity contribution in [3.8, 4) is 0 Å². The number of nitrogens with zero attached hydrogens (tertiary/aromatic N) is 1.